The second kappa shape index (κ2) is 10.0. The topological polar surface area (TPSA) is 136 Å². The van der Waals surface area contributed by atoms with Crippen molar-refractivity contribution < 1.29 is 23.2 Å². The summed E-state index contributed by atoms with van der Waals surface area (Å²) in [6.07, 6.45) is 0. The van der Waals surface area contributed by atoms with Crippen molar-refractivity contribution in [1.29, 1.82) is 0 Å². The highest BCUT2D eigenvalue weighted by Crippen LogP contribution is 2.30. The van der Waals surface area contributed by atoms with Gasteiger partial charge in [0.25, 0.3) is 0 Å². The van der Waals surface area contributed by atoms with Crippen molar-refractivity contribution in [3.05, 3.63) is 0 Å². The number of hydrogen-bond donors (Lipinski definition) is 4. The molecule has 0 heterocycles. The molecule has 0 saturated carbocycles. The van der Waals surface area contributed by atoms with Gasteiger partial charge in [-0.15, -0.1) is 9.79 Å². The Balaban J connectivity index is 0. The summed E-state index contributed by atoms with van der Waals surface area (Å²) in [5, 5.41) is 0. The van der Waals surface area contributed by atoms with E-state index in [1.165, 1.54) is 0 Å². The Labute approximate surface area is 65.2 Å². The minimum Gasteiger partial charge on any atom is -0.329 e. The molecule has 0 aliphatic heterocycles. The van der Waals surface area contributed by atoms with E-state index < -0.39 is 16.5 Å². The fourth-order valence-corrected chi connectivity index (χ4v) is 0.538. The van der Waals surface area contributed by atoms with Crippen molar-refractivity contribution >= 4 is 16.5 Å². The van der Waals surface area contributed by atoms with Gasteiger partial charge in [-0.3, -0.25) is 0 Å². The van der Waals surface area contributed by atoms with Crippen LogP contribution in [0, 0.1) is 0 Å². The van der Waals surface area contributed by atoms with Crippen molar-refractivity contribution in [2.45, 2.75) is 0 Å². The van der Waals surface area contributed by atoms with E-state index in [4.69, 9.17) is 21.3 Å². The Hall–Kier alpha value is -0.0000000000000000763. The molecule has 0 bridgehead atoms. The first kappa shape index (κ1) is 13.6. The van der Waals surface area contributed by atoms with Crippen molar-refractivity contribution in [2.75, 3.05) is 13.1 Å². The van der Waals surface area contributed by atoms with Gasteiger partial charge in [0.1, 0.15) is 0 Å². The Morgan fingerprint density at radius 1 is 1.09 bits per heavy atom. The largest absolute Gasteiger partial charge is 0.745 e. The Kier molecular flexibility index (Phi) is 12.3. The monoisotopic (exact) mass is 204 g/mol. The first-order chi connectivity index (χ1) is 5.04. The molecule has 0 rings (SSSR count). The average Bonchev–Trinajstić information content (AvgIpc) is 1.85. The highest BCUT2D eigenvalue weighted by Gasteiger charge is 2.31. The standard InChI is InChI=1S/C2H8N2.O5P2/c3-1-2-4;1-6(2)5-7(3)4/h1-4H2;/p+2. The van der Waals surface area contributed by atoms with Crippen LogP contribution in [-0.2, 0) is 13.4 Å². The SMILES string of the molecule is NCCN.O=[P+](O)O[P+](=O)O. The molecule has 0 aliphatic carbocycles. The van der Waals surface area contributed by atoms with Crippen LogP contribution < -0.4 is 11.5 Å². The third-order valence-corrected chi connectivity index (χ3v) is 1.42. The second-order valence-electron chi connectivity index (χ2n) is 1.13. The molecule has 0 aromatic rings. The minimum absolute atomic E-state index is 0.597. The zero-order valence-electron chi connectivity index (χ0n) is 5.58. The van der Waals surface area contributed by atoms with Gasteiger partial charge in [0.15, 0.2) is 4.31 Å². The molecule has 0 aromatic carbocycles. The molecule has 66 valence electrons. The molecule has 6 N–H and O–H groups in total. The Morgan fingerprint density at radius 2 is 1.36 bits per heavy atom. The molecule has 9 heteroatoms. The van der Waals surface area contributed by atoms with E-state index in [-0.39, 0.29) is 0 Å². The lowest BCUT2D eigenvalue weighted by Gasteiger charge is -1.72. The Morgan fingerprint density at radius 3 is 1.36 bits per heavy atom. The van der Waals surface area contributed by atoms with Crippen LogP contribution in [0.15, 0.2) is 0 Å². The van der Waals surface area contributed by atoms with Crippen LogP contribution in [0.2, 0.25) is 0 Å². The minimum atomic E-state index is -2.92. The second-order valence-corrected chi connectivity index (χ2v) is 2.74. The van der Waals surface area contributed by atoms with Gasteiger partial charge in [-0.1, -0.05) is 0 Å². The Bertz CT molecular complexity index is 116. The van der Waals surface area contributed by atoms with Crippen molar-refractivity contribution in [3.63, 3.8) is 0 Å². The third-order valence-electron chi connectivity index (χ3n) is 0.306. The summed E-state index contributed by atoms with van der Waals surface area (Å²) in [7, 11) is -5.85. The lowest BCUT2D eigenvalue weighted by atomic mass is 10.7. The number of hydrogen-bond acceptors (Lipinski definition) is 5. The van der Waals surface area contributed by atoms with E-state index >= 15 is 0 Å². The molecule has 11 heavy (non-hydrogen) atoms. The van der Waals surface area contributed by atoms with Crippen LogP contribution in [0.3, 0.4) is 0 Å². The molecule has 7 nitrogen and oxygen atoms in total. The van der Waals surface area contributed by atoms with E-state index in [2.05, 4.69) is 4.31 Å². The molecule has 2 atom stereocenters. The van der Waals surface area contributed by atoms with Crippen LogP contribution in [0.25, 0.3) is 0 Å². The zero-order valence-corrected chi connectivity index (χ0v) is 7.37. The van der Waals surface area contributed by atoms with Crippen molar-refractivity contribution in [1.82, 2.24) is 0 Å². The van der Waals surface area contributed by atoms with Gasteiger partial charge < -0.3 is 11.5 Å². The fourth-order valence-electron chi connectivity index (χ4n) is 0.0598. The fraction of sp³-hybridized carbons (Fsp3) is 1.00. The van der Waals surface area contributed by atoms with Crippen molar-refractivity contribution in [2.24, 2.45) is 11.5 Å². The maximum Gasteiger partial charge on any atom is 0.745 e. The molecule has 2 unspecified atom stereocenters. The van der Waals surface area contributed by atoms with Crippen LogP contribution in [-0.4, -0.2) is 22.9 Å². The summed E-state index contributed by atoms with van der Waals surface area (Å²) >= 11 is 0. The third kappa shape index (κ3) is 25.6. The molecular formula is C2H10N2O5P2+2. The van der Waals surface area contributed by atoms with Crippen molar-refractivity contribution in [3.8, 4) is 0 Å². The summed E-state index contributed by atoms with van der Waals surface area (Å²) in [4.78, 5) is 15.3. The first-order valence-corrected chi connectivity index (χ1v) is 4.71. The van der Waals surface area contributed by atoms with Gasteiger partial charge in [0.05, 0.1) is 0 Å². The summed E-state index contributed by atoms with van der Waals surface area (Å²) in [6, 6.07) is 0. The molecule has 0 aromatic heterocycles. The summed E-state index contributed by atoms with van der Waals surface area (Å²) in [6.45, 7) is 1.19. The van der Waals surface area contributed by atoms with E-state index in [1.807, 2.05) is 0 Å². The number of rotatable bonds is 3. The molecule has 0 saturated heterocycles. The van der Waals surface area contributed by atoms with Crippen LogP contribution in [0.4, 0.5) is 0 Å². The maximum absolute atomic E-state index is 9.39. The molecular weight excluding hydrogens is 194 g/mol. The van der Waals surface area contributed by atoms with E-state index in [9.17, 15) is 9.13 Å². The van der Waals surface area contributed by atoms with Gasteiger partial charge >= 0.3 is 16.5 Å². The summed E-state index contributed by atoms with van der Waals surface area (Å²) in [5.74, 6) is 0. The van der Waals surface area contributed by atoms with E-state index in [0.717, 1.165) is 0 Å². The normalized spacial score (nSPS) is 11.3. The summed E-state index contributed by atoms with van der Waals surface area (Å²) in [5.41, 5.74) is 9.81. The van der Waals surface area contributed by atoms with Gasteiger partial charge in [0, 0.05) is 22.2 Å². The predicted molar refractivity (Wildman–Crippen MR) is 38.8 cm³/mol. The van der Waals surface area contributed by atoms with Crippen LogP contribution in [0.1, 0.15) is 0 Å². The van der Waals surface area contributed by atoms with Gasteiger partial charge in [-0.2, -0.15) is 0 Å². The lowest BCUT2D eigenvalue weighted by Crippen LogP contribution is -2.11. The van der Waals surface area contributed by atoms with E-state index in [0.29, 0.717) is 13.1 Å². The molecule has 0 amide bonds. The quantitative estimate of drug-likeness (QED) is 0.442. The summed E-state index contributed by atoms with van der Waals surface area (Å²) < 4.78 is 22.2. The van der Waals surface area contributed by atoms with Crippen LogP contribution >= 0.6 is 16.5 Å². The molecule has 0 fully saturated rings. The first-order valence-electron chi connectivity index (χ1n) is 2.45. The lowest BCUT2D eigenvalue weighted by molar-refractivity contribution is 0.371. The molecule has 0 spiro atoms. The zero-order chi connectivity index (χ0) is 9.28. The van der Waals surface area contributed by atoms with E-state index in [1.54, 1.807) is 0 Å². The maximum atomic E-state index is 9.39. The molecule has 0 aliphatic rings. The predicted octanol–water partition coefficient (Wildman–Crippen LogP) is -0.794. The van der Waals surface area contributed by atoms with Gasteiger partial charge in [0.2, 0.25) is 0 Å². The highest BCUT2D eigenvalue weighted by molar-refractivity contribution is 7.46. The van der Waals surface area contributed by atoms with Gasteiger partial charge in [-0.25, -0.2) is 0 Å². The smallest absolute Gasteiger partial charge is 0.329 e. The van der Waals surface area contributed by atoms with Gasteiger partial charge in [-0.05, 0) is 0 Å². The highest BCUT2D eigenvalue weighted by atomic mass is 31.2. The number of nitrogens with two attached hydrogens (primary N) is 2. The molecule has 0 radical (unpaired) electrons. The average molecular weight is 204 g/mol. The van der Waals surface area contributed by atoms with Crippen LogP contribution in [0.5, 0.6) is 0 Å².